The maximum Gasteiger partial charge on any atom is 0.253 e. The molecule has 0 aromatic carbocycles. The average molecular weight is 317 g/mol. The van der Waals surface area contributed by atoms with Crippen molar-refractivity contribution in [3.05, 3.63) is 30.1 Å². The molecule has 5 nitrogen and oxygen atoms in total. The lowest BCUT2D eigenvalue weighted by atomic mass is 10.1. The molecule has 2 aromatic heterocycles. The second-order valence-electron chi connectivity index (χ2n) is 4.62. The molecule has 0 radical (unpaired) electrons. The minimum atomic E-state index is -0.0250. The Balaban J connectivity index is 0.000001000. The quantitative estimate of drug-likeness (QED) is 0.792. The van der Waals surface area contributed by atoms with E-state index in [1.54, 1.807) is 12.4 Å². The van der Waals surface area contributed by atoms with Crippen LogP contribution in [0.25, 0.3) is 11.0 Å². The van der Waals surface area contributed by atoms with Gasteiger partial charge in [0.1, 0.15) is 5.65 Å². The molecule has 0 saturated carbocycles. The average Bonchev–Trinajstić information content (AvgIpc) is 2.84. The normalized spacial score (nSPS) is 17.9. The molecule has 1 amide bonds. The van der Waals surface area contributed by atoms with Crippen LogP contribution in [0.2, 0.25) is 0 Å². The highest BCUT2D eigenvalue weighted by Gasteiger charge is 2.18. The number of aromatic nitrogens is 2. The molecule has 0 bridgehead atoms. The SMILES string of the molecule is Cl.Cl.O=C(N[C@H]1CCCNC1)c1c[nH]c2ncccc12. The van der Waals surface area contributed by atoms with Gasteiger partial charge in [-0.25, -0.2) is 4.98 Å². The molecule has 1 aliphatic heterocycles. The summed E-state index contributed by atoms with van der Waals surface area (Å²) in [4.78, 5) is 19.4. The van der Waals surface area contributed by atoms with Crippen LogP contribution in [0.4, 0.5) is 0 Å². The van der Waals surface area contributed by atoms with E-state index in [1.165, 1.54) is 0 Å². The molecule has 3 rings (SSSR count). The van der Waals surface area contributed by atoms with Gasteiger partial charge in [-0.15, -0.1) is 24.8 Å². The Kier molecular flexibility index (Phi) is 6.26. The Morgan fingerprint density at radius 3 is 3.00 bits per heavy atom. The standard InChI is InChI=1S/C13H16N4O.2ClH/c18-13(17-9-3-1-5-14-7-9)11-8-16-12-10(11)4-2-6-15-12;;/h2,4,6,8-9,14H,1,3,5,7H2,(H,15,16)(H,17,18);2*1H/t9-;;/m0../s1. The number of carbonyl (C=O) groups is 1. The molecular formula is C13H18Cl2N4O. The Hall–Kier alpha value is -1.30. The molecule has 0 unspecified atom stereocenters. The van der Waals surface area contributed by atoms with E-state index in [0.717, 1.165) is 37.0 Å². The Morgan fingerprint density at radius 2 is 2.25 bits per heavy atom. The first-order valence-electron chi connectivity index (χ1n) is 6.28. The number of rotatable bonds is 2. The summed E-state index contributed by atoms with van der Waals surface area (Å²) in [7, 11) is 0. The Labute approximate surface area is 129 Å². The van der Waals surface area contributed by atoms with E-state index in [4.69, 9.17) is 0 Å². The molecule has 1 fully saturated rings. The summed E-state index contributed by atoms with van der Waals surface area (Å²) in [6.07, 6.45) is 5.59. The van der Waals surface area contributed by atoms with Crippen molar-refractivity contribution in [3.63, 3.8) is 0 Å². The number of nitrogens with one attached hydrogen (secondary N) is 3. The van der Waals surface area contributed by atoms with Gasteiger partial charge in [0.15, 0.2) is 0 Å². The molecule has 2 aromatic rings. The van der Waals surface area contributed by atoms with Gasteiger partial charge in [0.2, 0.25) is 0 Å². The molecule has 1 atom stereocenters. The van der Waals surface area contributed by atoms with Crippen molar-refractivity contribution < 1.29 is 4.79 Å². The van der Waals surface area contributed by atoms with Gasteiger partial charge < -0.3 is 15.6 Å². The van der Waals surface area contributed by atoms with E-state index < -0.39 is 0 Å². The van der Waals surface area contributed by atoms with Crippen LogP contribution in [0.15, 0.2) is 24.5 Å². The Bertz CT molecular complexity index is 566. The number of amides is 1. The molecule has 3 heterocycles. The first kappa shape index (κ1) is 16.8. The number of nitrogens with zero attached hydrogens (tertiary/aromatic N) is 1. The van der Waals surface area contributed by atoms with E-state index in [9.17, 15) is 4.79 Å². The first-order chi connectivity index (χ1) is 8.84. The molecule has 1 aliphatic rings. The zero-order chi connectivity index (χ0) is 12.4. The fraction of sp³-hybridized carbons (Fsp3) is 0.385. The van der Waals surface area contributed by atoms with E-state index in [-0.39, 0.29) is 36.8 Å². The number of hydrogen-bond donors (Lipinski definition) is 3. The van der Waals surface area contributed by atoms with Crippen molar-refractivity contribution in [1.29, 1.82) is 0 Å². The topological polar surface area (TPSA) is 69.8 Å². The van der Waals surface area contributed by atoms with Crippen LogP contribution in [0, 0.1) is 0 Å². The number of pyridine rings is 1. The fourth-order valence-electron chi connectivity index (χ4n) is 2.38. The van der Waals surface area contributed by atoms with Crippen LogP contribution in [0.3, 0.4) is 0 Å². The summed E-state index contributed by atoms with van der Waals surface area (Å²) < 4.78 is 0. The van der Waals surface area contributed by atoms with Crippen LogP contribution in [0.5, 0.6) is 0 Å². The minimum absolute atomic E-state index is 0. The first-order valence-corrected chi connectivity index (χ1v) is 6.28. The van der Waals surface area contributed by atoms with Crippen LogP contribution < -0.4 is 10.6 Å². The van der Waals surface area contributed by atoms with Gasteiger partial charge in [-0.1, -0.05) is 0 Å². The van der Waals surface area contributed by atoms with Crippen molar-refractivity contribution >= 4 is 41.8 Å². The van der Waals surface area contributed by atoms with Gasteiger partial charge in [0.05, 0.1) is 5.56 Å². The van der Waals surface area contributed by atoms with Crippen molar-refractivity contribution in [2.75, 3.05) is 13.1 Å². The van der Waals surface area contributed by atoms with Gasteiger partial charge >= 0.3 is 0 Å². The summed E-state index contributed by atoms with van der Waals surface area (Å²) >= 11 is 0. The lowest BCUT2D eigenvalue weighted by Gasteiger charge is -2.23. The maximum absolute atomic E-state index is 12.2. The molecule has 1 saturated heterocycles. The molecule has 0 aliphatic carbocycles. The minimum Gasteiger partial charge on any atom is -0.348 e. The summed E-state index contributed by atoms with van der Waals surface area (Å²) in [5.74, 6) is -0.0250. The van der Waals surface area contributed by atoms with E-state index >= 15 is 0 Å². The number of carbonyl (C=O) groups excluding carboxylic acids is 1. The fourth-order valence-corrected chi connectivity index (χ4v) is 2.38. The summed E-state index contributed by atoms with van der Waals surface area (Å²) in [5, 5.41) is 7.23. The number of fused-ring (bicyclic) bond motifs is 1. The monoisotopic (exact) mass is 316 g/mol. The largest absolute Gasteiger partial charge is 0.348 e. The number of H-pyrrole nitrogens is 1. The number of hydrogen-bond acceptors (Lipinski definition) is 3. The third-order valence-electron chi connectivity index (χ3n) is 3.33. The summed E-state index contributed by atoms with van der Waals surface area (Å²) in [6.45, 7) is 1.90. The number of piperidine rings is 1. The van der Waals surface area contributed by atoms with Crippen LogP contribution in [-0.2, 0) is 0 Å². The van der Waals surface area contributed by atoms with Gasteiger partial charge in [-0.05, 0) is 31.5 Å². The molecule has 110 valence electrons. The predicted molar refractivity (Wildman–Crippen MR) is 83.9 cm³/mol. The van der Waals surface area contributed by atoms with Crippen molar-refractivity contribution in [3.8, 4) is 0 Å². The maximum atomic E-state index is 12.2. The smallest absolute Gasteiger partial charge is 0.253 e. The summed E-state index contributed by atoms with van der Waals surface area (Å²) in [6, 6.07) is 3.98. The predicted octanol–water partition coefficient (Wildman–Crippen LogP) is 1.89. The van der Waals surface area contributed by atoms with E-state index in [2.05, 4.69) is 20.6 Å². The highest BCUT2D eigenvalue weighted by atomic mass is 35.5. The van der Waals surface area contributed by atoms with Gasteiger partial charge in [-0.2, -0.15) is 0 Å². The van der Waals surface area contributed by atoms with Crippen molar-refractivity contribution in [1.82, 2.24) is 20.6 Å². The van der Waals surface area contributed by atoms with Crippen LogP contribution in [0.1, 0.15) is 23.2 Å². The molecule has 0 spiro atoms. The van der Waals surface area contributed by atoms with E-state index in [1.807, 2.05) is 12.1 Å². The zero-order valence-electron chi connectivity index (χ0n) is 10.9. The van der Waals surface area contributed by atoms with Crippen molar-refractivity contribution in [2.45, 2.75) is 18.9 Å². The van der Waals surface area contributed by atoms with Gasteiger partial charge in [-0.3, -0.25) is 4.79 Å². The van der Waals surface area contributed by atoms with Crippen LogP contribution >= 0.6 is 24.8 Å². The van der Waals surface area contributed by atoms with Gasteiger partial charge in [0, 0.05) is 30.4 Å². The van der Waals surface area contributed by atoms with E-state index in [0.29, 0.717) is 5.56 Å². The third kappa shape index (κ3) is 3.42. The molecule has 20 heavy (non-hydrogen) atoms. The number of aromatic amines is 1. The van der Waals surface area contributed by atoms with Crippen molar-refractivity contribution in [2.24, 2.45) is 0 Å². The van der Waals surface area contributed by atoms with Crippen LogP contribution in [-0.4, -0.2) is 35.0 Å². The molecule has 3 N–H and O–H groups in total. The Morgan fingerprint density at radius 1 is 1.40 bits per heavy atom. The zero-order valence-corrected chi connectivity index (χ0v) is 12.5. The molecule has 7 heteroatoms. The second kappa shape index (κ2) is 7.47. The molecular weight excluding hydrogens is 299 g/mol. The second-order valence-corrected chi connectivity index (χ2v) is 4.62. The van der Waals surface area contributed by atoms with Gasteiger partial charge in [0.25, 0.3) is 5.91 Å². The highest BCUT2D eigenvalue weighted by Crippen LogP contribution is 2.15. The lowest BCUT2D eigenvalue weighted by Crippen LogP contribution is -2.45. The summed E-state index contributed by atoms with van der Waals surface area (Å²) in [5.41, 5.74) is 1.42. The highest BCUT2D eigenvalue weighted by molar-refractivity contribution is 6.05. The third-order valence-corrected chi connectivity index (χ3v) is 3.33. The lowest BCUT2D eigenvalue weighted by molar-refractivity contribution is 0.0932. The number of halogens is 2.